The van der Waals surface area contributed by atoms with E-state index in [1.165, 1.54) is 0 Å². The van der Waals surface area contributed by atoms with Gasteiger partial charge in [0.25, 0.3) is 5.91 Å². The van der Waals surface area contributed by atoms with E-state index >= 15 is 0 Å². The summed E-state index contributed by atoms with van der Waals surface area (Å²) in [6.07, 6.45) is -0.425. The SMILES string of the molecule is Cc1cc(Cl)cc(-c2nn3c(c2C(N)=O)CN(C(=O)OC(C)(C)C)CC3)c1. The minimum Gasteiger partial charge on any atom is -0.444 e. The lowest BCUT2D eigenvalue weighted by Crippen LogP contribution is -2.42. The van der Waals surface area contributed by atoms with Crippen LogP contribution in [0.2, 0.25) is 5.02 Å². The number of nitrogens with zero attached hydrogens (tertiary/aromatic N) is 3. The van der Waals surface area contributed by atoms with Crippen LogP contribution in [0.4, 0.5) is 4.79 Å². The van der Waals surface area contributed by atoms with Gasteiger partial charge in [0.1, 0.15) is 11.3 Å². The number of carbonyl (C=O) groups excluding carboxylic acids is 2. The highest BCUT2D eigenvalue weighted by Gasteiger charge is 2.31. The first-order valence-corrected chi connectivity index (χ1v) is 9.08. The number of ether oxygens (including phenoxy) is 1. The zero-order chi connectivity index (χ0) is 19.9. The van der Waals surface area contributed by atoms with Crippen molar-refractivity contribution in [3.63, 3.8) is 0 Å². The summed E-state index contributed by atoms with van der Waals surface area (Å²) >= 11 is 6.16. The number of hydrogen-bond acceptors (Lipinski definition) is 4. The average molecular weight is 391 g/mol. The minimum atomic E-state index is -0.592. The Morgan fingerprint density at radius 1 is 1.22 bits per heavy atom. The van der Waals surface area contributed by atoms with Crippen molar-refractivity contribution in [2.45, 2.75) is 46.4 Å². The molecule has 2 heterocycles. The molecular formula is C19H23ClN4O3. The number of aromatic nitrogens is 2. The van der Waals surface area contributed by atoms with Crippen LogP contribution in [0.1, 0.15) is 42.4 Å². The Morgan fingerprint density at radius 2 is 1.93 bits per heavy atom. The molecule has 2 N–H and O–H groups in total. The number of aryl methyl sites for hydroxylation is 1. The quantitative estimate of drug-likeness (QED) is 0.851. The average Bonchev–Trinajstić information content (AvgIpc) is 2.90. The molecule has 0 aliphatic carbocycles. The predicted molar refractivity (Wildman–Crippen MR) is 103 cm³/mol. The van der Waals surface area contributed by atoms with Crippen molar-refractivity contribution in [1.82, 2.24) is 14.7 Å². The van der Waals surface area contributed by atoms with Crippen molar-refractivity contribution in [3.8, 4) is 11.3 Å². The molecule has 0 saturated carbocycles. The van der Waals surface area contributed by atoms with Crippen molar-refractivity contribution < 1.29 is 14.3 Å². The molecular weight excluding hydrogens is 368 g/mol. The van der Waals surface area contributed by atoms with Crippen LogP contribution in [-0.2, 0) is 17.8 Å². The lowest BCUT2D eigenvalue weighted by Gasteiger charge is -2.30. The van der Waals surface area contributed by atoms with Gasteiger partial charge in [-0.3, -0.25) is 9.48 Å². The van der Waals surface area contributed by atoms with Crippen LogP contribution in [0, 0.1) is 6.92 Å². The van der Waals surface area contributed by atoms with Crippen molar-refractivity contribution in [1.29, 1.82) is 0 Å². The highest BCUT2D eigenvalue weighted by atomic mass is 35.5. The first kappa shape index (κ1) is 19.2. The topological polar surface area (TPSA) is 90.5 Å². The summed E-state index contributed by atoms with van der Waals surface area (Å²) in [6.45, 7) is 8.46. The molecule has 0 fully saturated rings. The molecule has 1 aliphatic heterocycles. The molecule has 0 radical (unpaired) electrons. The zero-order valence-corrected chi connectivity index (χ0v) is 16.6. The third-order valence-corrected chi connectivity index (χ3v) is 4.41. The molecule has 3 rings (SSSR count). The van der Waals surface area contributed by atoms with Gasteiger partial charge in [-0.15, -0.1) is 0 Å². The lowest BCUT2D eigenvalue weighted by atomic mass is 10.0. The maximum Gasteiger partial charge on any atom is 0.410 e. The Morgan fingerprint density at radius 3 is 2.52 bits per heavy atom. The summed E-state index contributed by atoms with van der Waals surface area (Å²) in [7, 11) is 0. The van der Waals surface area contributed by atoms with E-state index in [1.54, 1.807) is 15.6 Å². The Hall–Kier alpha value is -2.54. The van der Waals surface area contributed by atoms with E-state index in [1.807, 2.05) is 39.8 Å². The van der Waals surface area contributed by atoms with Crippen molar-refractivity contribution in [3.05, 3.63) is 40.0 Å². The summed E-state index contributed by atoms with van der Waals surface area (Å²) in [5, 5.41) is 5.13. The minimum absolute atomic E-state index is 0.208. The molecule has 7 nitrogen and oxygen atoms in total. The third-order valence-electron chi connectivity index (χ3n) is 4.19. The van der Waals surface area contributed by atoms with E-state index in [-0.39, 0.29) is 6.54 Å². The molecule has 0 bridgehead atoms. The molecule has 1 aromatic carbocycles. The van der Waals surface area contributed by atoms with Gasteiger partial charge in [-0.2, -0.15) is 5.10 Å². The summed E-state index contributed by atoms with van der Waals surface area (Å²) in [6, 6.07) is 5.48. The predicted octanol–water partition coefficient (Wildman–Crippen LogP) is 3.36. The fourth-order valence-electron chi connectivity index (χ4n) is 3.13. The summed E-state index contributed by atoms with van der Waals surface area (Å²) in [5.74, 6) is -0.588. The van der Waals surface area contributed by atoms with Gasteiger partial charge >= 0.3 is 6.09 Å². The Kier molecular flexibility index (Phi) is 4.90. The van der Waals surface area contributed by atoms with Gasteiger partial charge in [0.05, 0.1) is 24.3 Å². The number of primary amides is 1. The molecule has 27 heavy (non-hydrogen) atoms. The first-order valence-electron chi connectivity index (χ1n) is 8.70. The normalized spacial score (nSPS) is 14.0. The fourth-order valence-corrected chi connectivity index (χ4v) is 3.42. The third kappa shape index (κ3) is 4.08. The highest BCUT2D eigenvalue weighted by molar-refractivity contribution is 6.31. The molecule has 144 valence electrons. The van der Waals surface area contributed by atoms with Gasteiger partial charge in [0.2, 0.25) is 0 Å². The number of fused-ring (bicyclic) bond motifs is 1. The van der Waals surface area contributed by atoms with Gasteiger partial charge < -0.3 is 15.4 Å². The van der Waals surface area contributed by atoms with Crippen LogP contribution in [0.15, 0.2) is 18.2 Å². The van der Waals surface area contributed by atoms with Crippen LogP contribution in [0.5, 0.6) is 0 Å². The van der Waals surface area contributed by atoms with Crippen molar-refractivity contribution >= 4 is 23.6 Å². The van der Waals surface area contributed by atoms with Crippen molar-refractivity contribution in [2.75, 3.05) is 6.54 Å². The Labute approximate surface area is 163 Å². The maximum atomic E-state index is 12.4. The van der Waals surface area contributed by atoms with Crippen LogP contribution in [-0.4, -0.2) is 38.8 Å². The zero-order valence-electron chi connectivity index (χ0n) is 15.9. The Bertz CT molecular complexity index is 894. The van der Waals surface area contributed by atoms with Crippen LogP contribution in [0.3, 0.4) is 0 Å². The second kappa shape index (κ2) is 6.88. The van der Waals surface area contributed by atoms with Gasteiger partial charge in [-0.25, -0.2) is 4.79 Å². The smallest absolute Gasteiger partial charge is 0.410 e. The van der Waals surface area contributed by atoms with Gasteiger partial charge in [0, 0.05) is 17.1 Å². The molecule has 8 heteroatoms. The summed E-state index contributed by atoms with van der Waals surface area (Å²) in [5.41, 5.74) is 8.14. The second-order valence-electron chi connectivity index (χ2n) is 7.68. The molecule has 0 spiro atoms. The van der Waals surface area contributed by atoms with Gasteiger partial charge in [-0.05, 0) is 51.5 Å². The largest absolute Gasteiger partial charge is 0.444 e. The van der Waals surface area contributed by atoms with E-state index in [0.29, 0.717) is 35.1 Å². The van der Waals surface area contributed by atoms with Gasteiger partial charge in [-0.1, -0.05) is 11.6 Å². The summed E-state index contributed by atoms with van der Waals surface area (Å²) in [4.78, 5) is 26.2. The highest BCUT2D eigenvalue weighted by Crippen LogP contribution is 2.31. The number of halogens is 1. The number of amides is 2. The van der Waals surface area contributed by atoms with Crippen LogP contribution < -0.4 is 5.73 Å². The standard InChI is InChI=1S/C19H23ClN4O3/c1-11-7-12(9-13(20)8-11)16-15(17(21)25)14-10-23(5-6-24(14)22-16)18(26)27-19(2,3)4/h7-9H,5-6,10H2,1-4H3,(H2,21,25). The van der Waals surface area contributed by atoms with E-state index in [2.05, 4.69) is 5.10 Å². The van der Waals surface area contributed by atoms with E-state index in [0.717, 1.165) is 11.1 Å². The number of benzene rings is 1. The van der Waals surface area contributed by atoms with E-state index in [9.17, 15) is 9.59 Å². The molecule has 1 aliphatic rings. The van der Waals surface area contributed by atoms with E-state index < -0.39 is 17.6 Å². The number of nitrogens with two attached hydrogens (primary N) is 1. The molecule has 0 saturated heterocycles. The number of hydrogen-bond donors (Lipinski definition) is 1. The second-order valence-corrected chi connectivity index (χ2v) is 8.11. The first-order chi connectivity index (χ1) is 12.5. The molecule has 2 amide bonds. The lowest BCUT2D eigenvalue weighted by molar-refractivity contribution is 0.0193. The molecule has 2 aromatic rings. The Balaban J connectivity index is 2.00. The van der Waals surface area contributed by atoms with Crippen LogP contribution >= 0.6 is 11.6 Å². The van der Waals surface area contributed by atoms with Crippen LogP contribution in [0.25, 0.3) is 11.3 Å². The number of rotatable bonds is 2. The fraction of sp³-hybridized carbons (Fsp3) is 0.421. The van der Waals surface area contributed by atoms with Crippen molar-refractivity contribution in [2.24, 2.45) is 5.73 Å². The maximum absolute atomic E-state index is 12.4. The molecule has 0 unspecified atom stereocenters. The number of carbonyl (C=O) groups is 2. The molecule has 0 atom stereocenters. The van der Waals surface area contributed by atoms with Gasteiger partial charge in [0.15, 0.2) is 0 Å². The molecule has 1 aromatic heterocycles. The summed E-state index contributed by atoms with van der Waals surface area (Å²) < 4.78 is 7.17. The van der Waals surface area contributed by atoms with E-state index in [4.69, 9.17) is 22.1 Å². The monoisotopic (exact) mass is 390 g/mol.